The SMILES string of the molecule is Cc1ccn2c(=O)c(C(=O)NCCCN)cnc2c1. The molecule has 1 amide bonds. The first-order valence-corrected chi connectivity index (χ1v) is 6.10. The largest absolute Gasteiger partial charge is 0.352 e. The van der Waals surface area contributed by atoms with Crippen LogP contribution in [0, 0.1) is 6.92 Å². The van der Waals surface area contributed by atoms with Gasteiger partial charge in [-0.2, -0.15) is 0 Å². The fourth-order valence-corrected chi connectivity index (χ4v) is 1.73. The molecular formula is C13H16N4O2. The number of nitrogens with two attached hydrogens (primary N) is 1. The van der Waals surface area contributed by atoms with Gasteiger partial charge in [-0.1, -0.05) is 0 Å². The molecule has 0 aliphatic carbocycles. The highest BCUT2D eigenvalue weighted by Gasteiger charge is 2.12. The average molecular weight is 260 g/mol. The van der Waals surface area contributed by atoms with E-state index >= 15 is 0 Å². The third-order valence-electron chi connectivity index (χ3n) is 2.78. The molecule has 2 rings (SSSR count). The number of nitrogens with zero attached hydrogens (tertiary/aromatic N) is 2. The van der Waals surface area contributed by atoms with E-state index < -0.39 is 5.91 Å². The van der Waals surface area contributed by atoms with Crippen LogP contribution in [-0.2, 0) is 0 Å². The van der Waals surface area contributed by atoms with Gasteiger partial charge >= 0.3 is 0 Å². The third kappa shape index (κ3) is 2.79. The molecule has 3 N–H and O–H groups in total. The lowest BCUT2D eigenvalue weighted by Gasteiger charge is -2.06. The lowest BCUT2D eigenvalue weighted by atomic mass is 10.2. The molecule has 0 spiro atoms. The quantitative estimate of drug-likeness (QED) is 0.762. The Labute approximate surface area is 110 Å². The zero-order chi connectivity index (χ0) is 13.8. The first-order valence-electron chi connectivity index (χ1n) is 6.10. The normalized spacial score (nSPS) is 10.6. The van der Waals surface area contributed by atoms with Crippen molar-refractivity contribution in [2.24, 2.45) is 5.73 Å². The van der Waals surface area contributed by atoms with E-state index in [0.717, 1.165) is 5.56 Å². The number of rotatable bonds is 4. The highest BCUT2D eigenvalue weighted by molar-refractivity contribution is 5.93. The molecule has 0 unspecified atom stereocenters. The van der Waals surface area contributed by atoms with Gasteiger partial charge in [0.1, 0.15) is 11.2 Å². The van der Waals surface area contributed by atoms with Crippen LogP contribution in [-0.4, -0.2) is 28.4 Å². The number of hydrogen-bond donors (Lipinski definition) is 2. The van der Waals surface area contributed by atoms with Gasteiger partial charge in [0.15, 0.2) is 0 Å². The molecule has 6 heteroatoms. The highest BCUT2D eigenvalue weighted by Crippen LogP contribution is 2.02. The van der Waals surface area contributed by atoms with Crippen molar-refractivity contribution in [3.63, 3.8) is 0 Å². The Morgan fingerprint density at radius 1 is 1.53 bits per heavy atom. The molecule has 0 fully saturated rings. The zero-order valence-electron chi connectivity index (χ0n) is 10.7. The van der Waals surface area contributed by atoms with Crippen LogP contribution in [0.2, 0.25) is 0 Å². The van der Waals surface area contributed by atoms with E-state index in [2.05, 4.69) is 10.3 Å². The molecule has 0 aromatic carbocycles. The number of carbonyl (C=O) groups excluding carboxylic acids is 1. The Morgan fingerprint density at radius 3 is 3.05 bits per heavy atom. The standard InChI is InChI=1S/C13H16N4O2/c1-9-3-6-17-11(7-9)16-8-10(13(17)19)12(18)15-5-2-4-14/h3,6-8H,2,4-5,14H2,1H3,(H,15,18). The maximum atomic E-state index is 12.2. The lowest BCUT2D eigenvalue weighted by Crippen LogP contribution is -2.32. The maximum absolute atomic E-state index is 12.2. The van der Waals surface area contributed by atoms with Crippen molar-refractivity contribution in [2.45, 2.75) is 13.3 Å². The summed E-state index contributed by atoms with van der Waals surface area (Å²) in [4.78, 5) is 28.1. The van der Waals surface area contributed by atoms with Crippen molar-refractivity contribution in [3.05, 3.63) is 46.0 Å². The minimum atomic E-state index is -0.416. The molecule has 0 atom stereocenters. The number of amides is 1. The van der Waals surface area contributed by atoms with E-state index in [-0.39, 0.29) is 11.1 Å². The van der Waals surface area contributed by atoms with E-state index in [9.17, 15) is 9.59 Å². The van der Waals surface area contributed by atoms with E-state index in [1.807, 2.05) is 6.92 Å². The van der Waals surface area contributed by atoms with Crippen LogP contribution < -0.4 is 16.6 Å². The van der Waals surface area contributed by atoms with Crippen LogP contribution in [0.5, 0.6) is 0 Å². The minimum Gasteiger partial charge on any atom is -0.352 e. The fourth-order valence-electron chi connectivity index (χ4n) is 1.73. The van der Waals surface area contributed by atoms with Crippen molar-refractivity contribution in [1.82, 2.24) is 14.7 Å². The predicted octanol–water partition coefficient (Wildman–Crippen LogP) is 0.0815. The molecule has 0 aliphatic heterocycles. The fraction of sp³-hybridized carbons (Fsp3) is 0.308. The summed E-state index contributed by atoms with van der Waals surface area (Å²) < 4.78 is 1.37. The number of aromatic nitrogens is 2. The van der Waals surface area contributed by atoms with Crippen LogP contribution in [0.4, 0.5) is 0 Å². The van der Waals surface area contributed by atoms with E-state index in [4.69, 9.17) is 5.73 Å². The van der Waals surface area contributed by atoms with Crippen molar-refractivity contribution in [2.75, 3.05) is 13.1 Å². The molecule has 6 nitrogen and oxygen atoms in total. The second-order valence-electron chi connectivity index (χ2n) is 4.31. The third-order valence-corrected chi connectivity index (χ3v) is 2.78. The summed E-state index contributed by atoms with van der Waals surface area (Å²) >= 11 is 0. The topological polar surface area (TPSA) is 89.5 Å². The molecule has 2 heterocycles. The number of aryl methyl sites for hydroxylation is 1. The number of carbonyl (C=O) groups is 1. The molecule has 0 aliphatic rings. The van der Waals surface area contributed by atoms with Gasteiger partial charge in [-0.05, 0) is 37.6 Å². The Hall–Kier alpha value is -2.21. The first-order chi connectivity index (χ1) is 9.13. The molecule has 100 valence electrons. The monoisotopic (exact) mass is 260 g/mol. The summed E-state index contributed by atoms with van der Waals surface area (Å²) in [5.41, 5.74) is 6.55. The molecule has 0 saturated heterocycles. The number of nitrogens with one attached hydrogen (secondary N) is 1. The molecule has 0 bridgehead atoms. The predicted molar refractivity (Wildman–Crippen MR) is 72.2 cm³/mol. The van der Waals surface area contributed by atoms with Crippen LogP contribution >= 0.6 is 0 Å². The van der Waals surface area contributed by atoms with Crippen molar-refractivity contribution in [1.29, 1.82) is 0 Å². The van der Waals surface area contributed by atoms with Crippen molar-refractivity contribution < 1.29 is 4.79 Å². The van der Waals surface area contributed by atoms with E-state index in [1.165, 1.54) is 10.6 Å². The molecule has 0 saturated carbocycles. The molecule has 0 radical (unpaired) electrons. The summed E-state index contributed by atoms with van der Waals surface area (Å²) in [6.45, 7) is 2.86. The summed E-state index contributed by atoms with van der Waals surface area (Å²) in [5, 5.41) is 2.64. The summed E-state index contributed by atoms with van der Waals surface area (Å²) in [7, 11) is 0. The number of hydrogen-bond acceptors (Lipinski definition) is 4. The molecule has 2 aromatic heterocycles. The molecule has 19 heavy (non-hydrogen) atoms. The maximum Gasteiger partial charge on any atom is 0.270 e. The number of fused-ring (bicyclic) bond motifs is 1. The van der Waals surface area contributed by atoms with Gasteiger partial charge < -0.3 is 11.1 Å². The minimum absolute atomic E-state index is 0.0402. The number of pyridine rings is 1. The Morgan fingerprint density at radius 2 is 2.32 bits per heavy atom. The van der Waals surface area contributed by atoms with Gasteiger partial charge in [-0.3, -0.25) is 14.0 Å². The van der Waals surface area contributed by atoms with Crippen molar-refractivity contribution in [3.8, 4) is 0 Å². The lowest BCUT2D eigenvalue weighted by molar-refractivity contribution is 0.0951. The Bertz CT molecular complexity index is 663. The highest BCUT2D eigenvalue weighted by atomic mass is 16.2. The smallest absolute Gasteiger partial charge is 0.270 e. The van der Waals surface area contributed by atoms with Crippen molar-refractivity contribution >= 4 is 11.6 Å². The second kappa shape index (κ2) is 5.62. The van der Waals surface area contributed by atoms with Crippen LogP contribution in [0.15, 0.2) is 29.3 Å². The first kappa shape index (κ1) is 13.2. The van der Waals surface area contributed by atoms with E-state index in [1.54, 1.807) is 18.3 Å². The Kier molecular flexibility index (Phi) is 3.91. The molecular weight excluding hydrogens is 244 g/mol. The summed E-state index contributed by atoms with van der Waals surface area (Å²) in [6.07, 6.45) is 3.61. The summed E-state index contributed by atoms with van der Waals surface area (Å²) in [5.74, 6) is -0.416. The van der Waals surface area contributed by atoms with Gasteiger partial charge in [-0.15, -0.1) is 0 Å². The molecule has 2 aromatic rings. The van der Waals surface area contributed by atoms with E-state index in [0.29, 0.717) is 25.2 Å². The van der Waals surface area contributed by atoms with Gasteiger partial charge in [0, 0.05) is 18.9 Å². The summed E-state index contributed by atoms with van der Waals surface area (Å²) in [6, 6.07) is 3.59. The second-order valence-corrected chi connectivity index (χ2v) is 4.31. The van der Waals surface area contributed by atoms with Gasteiger partial charge in [0.05, 0.1) is 0 Å². The van der Waals surface area contributed by atoms with Crippen LogP contribution in [0.3, 0.4) is 0 Å². The van der Waals surface area contributed by atoms with Crippen LogP contribution in [0.25, 0.3) is 5.65 Å². The van der Waals surface area contributed by atoms with Gasteiger partial charge in [0.2, 0.25) is 0 Å². The average Bonchev–Trinajstić information content (AvgIpc) is 2.39. The van der Waals surface area contributed by atoms with Gasteiger partial charge in [0.25, 0.3) is 11.5 Å². The van der Waals surface area contributed by atoms with Gasteiger partial charge in [-0.25, -0.2) is 4.98 Å². The Balaban J connectivity index is 2.35. The zero-order valence-corrected chi connectivity index (χ0v) is 10.7. The van der Waals surface area contributed by atoms with Crippen LogP contribution in [0.1, 0.15) is 22.3 Å².